The number of likely N-dealkylation sites (tertiary alicyclic amines) is 1. The van der Waals surface area contributed by atoms with E-state index < -0.39 is 5.60 Å². The first-order valence-corrected chi connectivity index (χ1v) is 7.86. The first-order valence-electron chi connectivity index (χ1n) is 7.48. The first-order chi connectivity index (χ1) is 10.7. The number of imidazole rings is 1. The third kappa shape index (κ3) is 3.19. The van der Waals surface area contributed by atoms with E-state index in [0.29, 0.717) is 35.7 Å². The molecular weight excluding hydrogens is 320 g/mol. The van der Waals surface area contributed by atoms with Crippen molar-refractivity contribution in [3.8, 4) is 0 Å². The van der Waals surface area contributed by atoms with Crippen molar-refractivity contribution in [3.05, 3.63) is 27.8 Å². The summed E-state index contributed by atoms with van der Waals surface area (Å²) in [5, 5.41) is 0.465. The topological polar surface area (TPSA) is 80.2 Å². The van der Waals surface area contributed by atoms with Crippen molar-refractivity contribution >= 4 is 28.9 Å². The number of pyridine rings is 1. The lowest BCUT2D eigenvalue weighted by Crippen LogP contribution is -2.36. The number of ether oxygens (including phenoxy) is 1. The molecule has 0 spiro atoms. The van der Waals surface area contributed by atoms with Gasteiger partial charge in [0.15, 0.2) is 5.65 Å². The molecule has 0 bridgehead atoms. The highest BCUT2D eigenvalue weighted by atomic mass is 35.5. The van der Waals surface area contributed by atoms with Crippen LogP contribution in [0.2, 0.25) is 5.02 Å². The Morgan fingerprint density at radius 1 is 1.48 bits per heavy atom. The number of H-pyrrole nitrogens is 1. The van der Waals surface area contributed by atoms with Crippen LogP contribution in [0, 0.1) is 0 Å². The molecule has 0 aliphatic carbocycles. The number of aromatic amines is 1. The first kappa shape index (κ1) is 15.9. The SMILES string of the molecule is CC(C)(C)OC(=O)N1CC[C@@H](n2c(=O)[nH]c3ncc(Cl)cc32)C1. The average Bonchev–Trinajstić information content (AvgIpc) is 3.00. The molecule has 1 fully saturated rings. The van der Waals surface area contributed by atoms with E-state index in [1.165, 1.54) is 6.20 Å². The summed E-state index contributed by atoms with van der Waals surface area (Å²) in [6, 6.07) is 1.59. The van der Waals surface area contributed by atoms with Crippen LogP contribution in [-0.4, -0.2) is 44.2 Å². The molecule has 0 radical (unpaired) electrons. The number of carbonyl (C=O) groups is 1. The number of nitrogens with zero attached hydrogens (tertiary/aromatic N) is 3. The fourth-order valence-electron chi connectivity index (χ4n) is 2.79. The van der Waals surface area contributed by atoms with Crippen molar-refractivity contribution < 1.29 is 9.53 Å². The number of amides is 1. The third-order valence-corrected chi connectivity index (χ3v) is 3.92. The van der Waals surface area contributed by atoms with Crippen LogP contribution in [0.15, 0.2) is 17.1 Å². The van der Waals surface area contributed by atoms with Gasteiger partial charge < -0.3 is 9.64 Å². The molecule has 2 aromatic rings. The summed E-state index contributed by atoms with van der Waals surface area (Å²) in [6.45, 7) is 6.46. The van der Waals surface area contributed by atoms with Gasteiger partial charge in [0.2, 0.25) is 0 Å². The van der Waals surface area contributed by atoms with E-state index >= 15 is 0 Å². The molecule has 1 amide bonds. The van der Waals surface area contributed by atoms with Crippen molar-refractivity contribution in [1.29, 1.82) is 0 Å². The van der Waals surface area contributed by atoms with Crippen LogP contribution in [0.25, 0.3) is 11.2 Å². The molecule has 3 heterocycles. The van der Waals surface area contributed by atoms with E-state index in [2.05, 4.69) is 9.97 Å². The minimum Gasteiger partial charge on any atom is -0.444 e. The quantitative estimate of drug-likeness (QED) is 0.866. The third-order valence-electron chi connectivity index (χ3n) is 3.72. The summed E-state index contributed by atoms with van der Waals surface area (Å²) in [7, 11) is 0. The number of aromatic nitrogens is 3. The zero-order chi connectivity index (χ0) is 16.8. The lowest BCUT2D eigenvalue weighted by Gasteiger charge is -2.24. The number of fused-ring (bicyclic) bond motifs is 1. The molecule has 1 aliphatic heterocycles. The zero-order valence-electron chi connectivity index (χ0n) is 13.3. The lowest BCUT2D eigenvalue weighted by molar-refractivity contribution is 0.0289. The zero-order valence-corrected chi connectivity index (χ0v) is 14.1. The molecule has 3 rings (SSSR count). The van der Waals surface area contributed by atoms with Crippen molar-refractivity contribution in [2.24, 2.45) is 0 Å². The van der Waals surface area contributed by atoms with Crippen LogP contribution in [0.3, 0.4) is 0 Å². The second kappa shape index (κ2) is 5.56. The van der Waals surface area contributed by atoms with Crippen LogP contribution < -0.4 is 5.69 Å². The lowest BCUT2D eigenvalue weighted by atomic mass is 10.2. The van der Waals surface area contributed by atoms with Gasteiger partial charge in [0.05, 0.1) is 16.6 Å². The van der Waals surface area contributed by atoms with Crippen LogP contribution in [0.1, 0.15) is 33.2 Å². The highest BCUT2D eigenvalue weighted by Crippen LogP contribution is 2.26. The maximum atomic E-state index is 12.2. The Hall–Kier alpha value is -2.02. The highest BCUT2D eigenvalue weighted by Gasteiger charge is 2.32. The Morgan fingerprint density at radius 3 is 2.91 bits per heavy atom. The van der Waals surface area contributed by atoms with E-state index in [4.69, 9.17) is 16.3 Å². The number of rotatable bonds is 1. The standard InChI is InChI=1S/C15H19ClN4O3/c1-15(2,3)23-14(22)19-5-4-10(8-19)20-11-6-9(16)7-17-12(11)18-13(20)21/h6-7,10H,4-5,8H2,1-3H3,(H,17,18,21)/t10-/m1/s1. The van der Waals surface area contributed by atoms with E-state index in [9.17, 15) is 9.59 Å². The van der Waals surface area contributed by atoms with Gasteiger partial charge in [-0.25, -0.2) is 14.6 Å². The monoisotopic (exact) mass is 338 g/mol. The minimum absolute atomic E-state index is 0.121. The van der Waals surface area contributed by atoms with Gasteiger partial charge in [0.25, 0.3) is 0 Å². The van der Waals surface area contributed by atoms with Gasteiger partial charge in [0, 0.05) is 19.3 Å². The van der Waals surface area contributed by atoms with E-state index in [-0.39, 0.29) is 17.8 Å². The summed E-state index contributed by atoms with van der Waals surface area (Å²) >= 11 is 5.98. The normalized spacial score (nSPS) is 18.6. The molecule has 2 aromatic heterocycles. The Bertz CT molecular complexity index is 805. The van der Waals surface area contributed by atoms with Gasteiger partial charge >= 0.3 is 11.8 Å². The van der Waals surface area contributed by atoms with Crippen LogP contribution in [0.4, 0.5) is 4.79 Å². The maximum Gasteiger partial charge on any atom is 0.410 e. The fourth-order valence-corrected chi connectivity index (χ4v) is 2.94. The molecule has 1 saturated heterocycles. The largest absolute Gasteiger partial charge is 0.444 e. The number of hydrogen-bond donors (Lipinski definition) is 1. The molecular formula is C15H19ClN4O3. The van der Waals surface area contributed by atoms with Gasteiger partial charge in [-0.2, -0.15) is 0 Å². The molecule has 1 atom stereocenters. The molecule has 124 valence electrons. The second-order valence-electron chi connectivity index (χ2n) is 6.69. The van der Waals surface area contributed by atoms with Crippen molar-refractivity contribution in [3.63, 3.8) is 0 Å². The second-order valence-corrected chi connectivity index (χ2v) is 7.13. The van der Waals surface area contributed by atoms with Gasteiger partial charge in [-0.15, -0.1) is 0 Å². The molecule has 7 nitrogen and oxygen atoms in total. The molecule has 0 unspecified atom stereocenters. The fraction of sp³-hybridized carbons (Fsp3) is 0.533. The number of hydrogen-bond acceptors (Lipinski definition) is 4. The van der Waals surface area contributed by atoms with E-state index in [1.54, 1.807) is 15.5 Å². The summed E-state index contributed by atoms with van der Waals surface area (Å²) in [5.74, 6) is 0. The Kier molecular flexibility index (Phi) is 3.83. The Morgan fingerprint density at radius 2 is 2.22 bits per heavy atom. The summed E-state index contributed by atoms with van der Waals surface area (Å²) in [4.78, 5) is 32.8. The van der Waals surface area contributed by atoms with Gasteiger partial charge in [-0.3, -0.25) is 9.55 Å². The Labute approximate surface area is 138 Å². The average molecular weight is 339 g/mol. The molecule has 1 aliphatic rings. The highest BCUT2D eigenvalue weighted by molar-refractivity contribution is 6.31. The van der Waals surface area contributed by atoms with Crippen LogP contribution >= 0.6 is 11.6 Å². The van der Waals surface area contributed by atoms with Crippen molar-refractivity contribution in [2.45, 2.75) is 38.8 Å². The summed E-state index contributed by atoms with van der Waals surface area (Å²) < 4.78 is 7.01. The van der Waals surface area contributed by atoms with Crippen LogP contribution in [-0.2, 0) is 4.74 Å². The smallest absolute Gasteiger partial charge is 0.410 e. The van der Waals surface area contributed by atoms with Crippen molar-refractivity contribution in [1.82, 2.24) is 19.4 Å². The molecule has 0 saturated carbocycles. The van der Waals surface area contributed by atoms with E-state index in [1.807, 2.05) is 20.8 Å². The van der Waals surface area contributed by atoms with Crippen LogP contribution in [0.5, 0.6) is 0 Å². The van der Waals surface area contributed by atoms with Gasteiger partial charge in [-0.1, -0.05) is 11.6 Å². The number of nitrogens with one attached hydrogen (secondary N) is 1. The molecule has 1 N–H and O–H groups in total. The van der Waals surface area contributed by atoms with E-state index in [0.717, 1.165) is 0 Å². The van der Waals surface area contributed by atoms with Gasteiger partial charge in [0.1, 0.15) is 5.60 Å². The Balaban J connectivity index is 1.85. The number of carbonyl (C=O) groups excluding carboxylic acids is 1. The number of halogens is 1. The molecule has 8 heteroatoms. The summed E-state index contributed by atoms with van der Waals surface area (Å²) in [6.07, 6.45) is 1.81. The maximum absolute atomic E-state index is 12.2. The predicted octanol–water partition coefficient (Wildman–Crippen LogP) is 2.56. The van der Waals surface area contributed by atoms with Crippen molar-refractivity contribution in [2.75, 3.05) is 13.1 Å². The van der Waals surface area contributed by atoms with Gasteiger partial charge in [-0.05, 0) is 33.3 Å². The predicted molar refractivity (Wildman–Crippen MR) is 86.8 cm³/mol. The molecule has 23 heavy (non-hydrogen) atoms. The molecule has 0 aromatic carbocycles. The minimum atomic E-state index is -0.537. The summed E-state index contributed by atoms with van der Waals surface area (Å²) in [5.41, 5.74) is 0.365.